The van der Waals surface area contributed by atoms with Crippen molar-refractivity contribution in [1.29, 1.82) is 0 Å². The molecule has 138 valence electrons. The van der Waals surface area contributed by atoms with Gasteiger partial charge in [-0.05, 0) is 20.3 Å². The number of anilines is 2. The highest BCUT2D eigenvalue weighted by molar-refractivity contribution is 6.01. The maximum atomic E-state index is 13.0. The van der Waals surface area contributed by atoms with E-state index in [0.717, 1.165) is 23.6 Å². The lowest BCUT2D eigenvalue weighted by atomic mass is 10.2. The van der Waals surface area contributed by atoms with E-state index in [9.17, 15) is 4.79 Å². The van der Waals surface area contributed by atoms with Crippen LogP contribution in [0, 0.1) is 13.8 Å². The quantitative estimate of drug-likeness (QED) is 0.819. The van der Waals surface area contributed by atoms with E-state index in [-0.39, 0.29) is 11.9 Å². The summed E-state index contributed by atoms with van der Waals surface area (Å²) in [5.41, 5.74) is 1.66. The molecule has 2 heterocycles. The van der Waals surface area contributed by atoms with Gasteiger partial charge in [-0.15, -0.1) is 0 Å². The Kier molecular flexibility index (Phi) is 4.97. The molecule has 0 spiro atoms. The van der Waals surface area contributed by atoms with E-state index in [1.165, 1.54) is 0 Å². The van der Waals surface area contributed by atoms with Gasteiger partial charge in [0.25, 0.3) is 0 Å². The number of nitrogens with zero attached hydrogens (tertiary/aromatic N) is 4. The number of benzene rings is 1. The maximum absolute atomic E-state index is 13.0. The topological polar surface area (TPSA) is 67.8 Å². The fourth-order valence-electron chi connectivity index (χ4n) is 3.27. The van der Waals surface area contributed by atoms with Crippen molar-refractivity contribution in [2.24, 2.45) is 0 Å². The average molecular weight is 356 g/mol. The summed E-state index contributed by atoms with van der Waals surface area (Å²) in [7, 11) is 5.10. The molecule has 1 aliphatic rings. The number of aromatic nitrogens is 2. The Labute approximate surface area is 153 Å². The Bertz CT molecular complexity index is 782. The number of ether oxygens (including phenoxy) is 2. The van der Waals surface area contributed by atoms with E-state index in [0.29, 0.717) is 23.9 Å². The average Bonchev–Trinajstić information content (AvgIpc) is 3.01. The summed E-state index contributed by atoms with van der Waals surface area (Å²) in [5, 5.41) is 0. The van der Waals surface area contributed by atoms with Crippen LogP contribution in [-0.4, -0.2) is 49.7 Å². The lowest BCUT2D eigenvalue weighted by Crippen LogP contribution is -2.40. The van der Waals surface area contributed by atoms with Gasteiger partial charge in [-0.3, -0.25) is 4.79 Å². The van der Waals surface area contributed by atoms with Crippen LogP contribution in [0.15, 0.2) is 24.3 Å². The summed E-state index contributed by atoms with van der Waals surface area (Å²) < 4.78 is 10.6. The fraction of sp³-hybridized carbons (Fsp3) is 0.421. The zero-order valence-corrected chi connectivity index (χ0v) is 15.8. The van der Waals surface area contributed by atoms with Gasteiger partial charge in [-0.2, -0.15) is 0 Å². The van der Waals surface area contributed by atoms with Gasteiger partial charge < -0.3 is 19.3 Å². The van der Waals surface area contributed by atoms with E-state index in [2.05, 4.69) is 9.97 Å². The standard InChI is InChI=1S/C19H24N4O3/c1-12-8-18(21-13(2)20-12)22(3)17-6-7-23(19(17)24)14-9-15(25-4)11-16(10-14)26-5/h8-11,17H,6-7H2,1-5H3. The number of amides is 1. The highest BCUT2D eigenvalue weighted by Gasteiger charge is 2.36. The number of likely N-dealkylation sites (N-methyl/N-ethyl adjacent to an activating group) is 1. The van der Waals surface area contributed by atoms with Crippen LogP contribution >= 0.6 is 0 Å². The largest absolute Gasteiger partial charge is 0.497 e. The van der Waals surface area contributed by atoms with E-state index < -0.39 is 0 Å². The van der Waals surface area contributed by atoms with E-state index in [1.807, 2.05) is 44.0 Å². The Morgan fingerprint density at radius 3 is 2.31 bits per heavy atom. The molecule has 2 aromatic rings. The van der Waals surface area contributed by atoms with Crippen molar-refractivity contribution >= 4 is 17.4 Å². The molecule has 0 radical (unpaired) electrons. The van der Waals surface area contributed by atoms with Crippen LogP contribution < -0.4 is 19.3 Å². The van der Waals surface area contributed by atoms with Gasteiger partial charge in [0.05, 0.1) is 19.9 Å². The predicted molar refractivity (Wildman–Crippen MR) is 100 cm³/mol. The molecular weight excluding hydrogens is 332 g/mol. The minimum Gasteiger partial charge on any atom is -0.497 e. The Morgan fingerprint density at radius 1 is 1.08 bits per heavy atom. The molecule has 0 saturated carbocycles. The lowest BCUT2D eigenvalue weighted by molar-refractivity contribution is -0.118. The smallest absolute Gasteiger partial charge is 0.249 e. The summed E-state index contributed by atoms with van der Waals surface area (Å²) in [6.07, 6.45) is 0.719. The number of carbonyl (C=O) groups excluding carboxylic acids is 1. The number of methoxy groups -OCH3 is 2. The van der Waals surface area contributed by atoms with Crippen molar-refractivity contribution in [1.82, 2.24) is 9.97 Å². The third-order valence-corrected chi connectivity index (χ3v) is 4.61. The van der Waals surface area contributed by atoms with Crippen LogP contribution in [0.3, 0.4) is 0 Å². The van der Waals surface area contributed by atoms with Gasteiger partial charge in [0.2, 0.25) is 5.91 Å². The van der Waals surface area contributed by atoms with Gasteiger partial charge in [0.1, 0.15) is 29.2 Å². The zero-order chi connectivity index (χ0) is 18.8. The molecule has 0 aliphatic carbocycles. The second kappa shape index (κ2) is 7.19. The summed E-state index contributed by atoms with van der Waals surface area (Å²) >= 11 is 0. The van der Waals surface area contributed by atoms with Gasteiger partial charge in [0, 0.05) is 43.6 Å². The van der Waals surface area contributed by atoms with Crippen molar-refractivity contribution in [3.63, 3.8) is 0 Å². The first-order valence-corrected chi connectivity index (χ1v) is 8.52. The minimum absolute atomic E-state index is 0.0386. The van der Waals surface area contributed by atoms with Gasteiger partial charge in [-0.25, -0.2) is 9.97 Å². The molecule has 0 N–H and O–H groups in total. The maximum Gasteiger partial charge on any atom is 0.249 e. The van der Waals surface area contributed by atoms with Crippen LogP contribution in [0.5, 0.6) is 11.5 Å². The monoisotopic (exact) mass is 356 g/mol. The van der Waals surface area contributed by atoms with Crippen LogP contribution in [0.4, 0.5) is 11.5 Å². The zero-order valence-electron chi connectivity index (χ0n) is 15.8. The Hall–Kier alpha value is -2.83. The second-order valence-electron chi connectivity index (χ2n) is 6.39. The summed E-state index contributed by atoms with van der Waals surface area (Å²) in [4.78, 5) is 25.5. The first-order chi connectivity index (χ1) is 12.4. The molecule has 1 atom stereocenters. The van der Waals surface area contributed by atoms with Gasteiger partial charge in [-0.1, -0.05) is 0 Å². The molecule has 1 amide bonds. The third kappa shape index (κ3) is 3.42. The van der Waals surface area contributed by atoms with E-state index >= 15 is 0 Å². The number of aryl methyl sites for hydroxylation is 2. The normalized spacial score (nSPS) is 16.7. The number of rotatable bonds is 5. The van der Waals surface area contributed by atoms with E-state index in [1.54, 1.807) is 25.2 Å². The summed E-state index contributed by atoms with van der Waals surface area (Å²) in [5.74, 6) is 2.82. The van der Waals surface area contributed by atoms with Crippen LogP contribution in [0.1, 0.15) is 17.9 Å². The second-order valence-corrected chi connectivity index (χ2v) is 6.39. The van der Waals surface area contributed by atoms with E-state index in [4.69, 9.17) is 9.47 Å². The van der Waals surface area contributed by atoms with Crippen molar-refractivity contribution in [3.8, 4) is 11.5 Å². The Balaban J connectivity index is 1.86. The molecule has 1 aromatic carbocycles. The molecule has 1 aliphatic heterocycles. The highest BCUT2D eigenvalue weighted by Crippen LogP contribution is 2.32. The molecule has 7 nitrogen and oxygen atoms in total. The SMILES string of the molecule is COc1cc(OC)cc(N2CCC(N(C)c3cc(C)nc(C)n3)C2=O)c1. The van der Waals surface area contributed by atoms with Crippen LogP contribution in [-0.2, 0) is 4.79 Å². The van der Waals surface area contributed by atoms with Crippen LogP contribution in [0.2, 0.25) is 0 Å². The fourth-order valence-corrected chi connectivity index (χ4v) is 3.27. The number of carbonyl (C=O) groups is 1. The molecule has 1 aromatic heterocycles. The molecule has 7 heteroatoms. The van der Waals surface area contributed by atoms with Crippen molar-refractivity contribution in [2.45, 2.75) is 26.3 Å². The lowest BCUT2D eigenvalue weighted by Gasteiger charge is -2.25. The van der Waals surface area contributed by atoms with Crippen molar-refractivity contribution in [2.75, 3.05) is 37.6 Å². The minimum atomic E-state index is -0.263. The molecule has 3 rings (SSSR count). The highest BCUT2D eigenvalue weighted by atomic mass is 16.5. The first-order valence-electron chi connectivity index (χ1n) is 8.52. The van der Waals surface area contributed by atoms with Crippen LogP contribution in [0.25, 0.3) is 0 Å². The molecule has 0 bridgehead atoms. The Morgan fingerprint density at radius 2 is 1.73 bits per heavy atom. The number of hydrogen-bond acceptors (Lipinski definition) is 6. The van der Waals surface area contributed by atoms with Crippen molar-refractivity contribution in [3.05, 3.63) is 35.8 Å². The predicted octanol–water partition coefficient (Wildman–Crippen LogP) is 2.35. The number of hydrogen-bond donors (Lipinski definition) is 0. The molecule has 1 fully saturated rings. The molecule has 26 heavy (non-hydrogen) atoms. The third-order valence-electron chi connectivity index (χ3n) is 4.61. The van der Waals surface area contributed by atoms with Crippen molar-refractivity contribution < 1.29 is 14.3 Å². The molecular formula is C19H24N4O3. The summed E-state index contributed by atoms with van der Waals surface area (Å²) in [6.45, 7) is 4.42. The van der Waals surface area contributed by atoms with Gasteiger partial charge in [0.15, 0.2) is 0 Å². The molecule has 1 unspecified atom stereocenters. The first kappa shape index (κ1) is 18.0. The molecule has 1 saturated heterocycles. The summed E-state index contributed by atoms with van der Waals surface area (Å²) in [6, 6.07) is 7.13. The van der Waals surface area contributed by atoms with Gasteiger partial charge >= 0.3 is 0 Å².